The number of aromatic amines is 1. The van der Waals surface area contributed by atoms with Crippen LogP contribution in [0.15, 0.2) is 18.3 Å². The van der Waals surface area contributed by atoms with Crippen LogP contribution in [-0.4, -0.2) is 10.8 Å². The van der Waals surface area contributed by atoms with Gasteiger partial charge in [-0.1, -0.05) is 13.8 Å². The second-order valence-electron chi connectivity index (χ2n) is 4.14. The molecule has 0 bridgehead atoms. The van der Waals surface area contributed by atoms with E-state index in [1.807, 2.05) is 6.20 Å². The van der Waals surface area contributed by atoms with Crippen molar-refractivity contribution in [3.8, 4) is 0 Å². The summed E-state index contributed by atoms with van der Waals surface area (Å²) in [5.74, 6) is 0.790. The van der Waals surface area contributed by atoms with E-state index in [0.717, 1.165) is 17.7 Å². The lowest BCUT2D eigenvalue weighted by Crippen LogP contribution is -1.81. The molecular weight excluding hydrogens is 174 g/mol. The number of H-pyrrole nitrogens is 1. The minimum absolute atomic E-state index is 0.251. The van der Waals surface area contributed by atoms with Crippen LogP contribution in [0.4, 0.5) is 0 Å². The molecule has 0 radical (unpaired) electrons. The van der Waals surface area contributed by atoms with Crippen LogP contribution < -0.4 is 0 Å². The molecule has 1 N–H and O–H groups in total. The van der Waals surface area contributed by atoms with Gasteiger partial charge >= 0.3 is 0 Å². The number of ketones is 1. The molecule has 0 unspecified atom stereocenters. The van der Waals surface area contributed by atoms with Gasteiger partial charge in [-0.05, 0) is 35.6 Å². The summed E-state index contributed by atoms with van der Waals surface area (Å²) in [4.78, 5) is 14.3. The number of allylic oxidation sites excluding steroid dienone is 2. The first-order valence-electron chi connectivity index (χ1n) is 5.09. The van der Waals surface area contributed by atoms with Gasteiger partial charge in [-0.15, -0.1) is 0 Å². The SMILES string of the molecule is CC(C)c1c[nH]c(C2=CC(=O)CC2)c1. The van der Waals surface area contributed by atoms with E-state index in [1.165, 1.54) is 5.56 Å². The minimum Gasteiger partial charge on any atom is -0.361 e. The smallest absolute Gasteiger partial charge is 0.156 e. The number of hydrogen-bond donors (Lipinski definition) is 1. The summed E-state index contributed by atoms with van der Waals surface area (Å²) in [5.41, 5.74) is 3.57. The van der Waals surface area contributed by atoms with Crippen molar-refractivity contribution >= 4 is 11.4 Å². The highest BCUT2D eigenvalue weighted by Gasteiger charge is 2.15. The topological polar surface area (TPSA) is 32.9 Å². The van der Waals surface area contributed by atoms with Crippen LogP contribution in [0, 0.1) is 0 Å². The molecule has 0 saturated carbocycles. The Morgan fingerprint density at radius 2 is 2.14 bits per heavy atom. The van der Waals surface area contributed by atoms with Crippen molar-refractivity contribution in [1.29, 1.82) is 0 Å². The fourth-order valence-electron chi connectivity index (χ4n) is 1.74. The van der Waals surface area contributed by atoms with Gasteiger partial charge in [0.25, 0.3) is 0 Å². The largest absolute Gasteiger partial charge is 0.361 e. The zero-order valence-electron chi connectivity index (χ0n) is 8.63. The van der Waals surface area contributed by atoms with E-state index >= 15 is 0 Å². The second kappa shape index (κ2) is 3.45. The van der Waals surface area contributed by atoms with Crippen molar-refractivity contribution in [3.05, 3.63) is 29.6 Å². The molecule has 0 fully saturated rings. The van der Waals surface area contributed by atoms with Gasteiger partial charge in [0.15, 0.2) is 5.78 Å². The summed E-state index contributed by atoms with van der Waals surface area (Å²) in [5, 5.41) is 0. The molecule has 14 heavy (non-hydrogen) atoms. The third-order valence-corrected chi connectivity index (χ3v) is 2.69. The summed E-state index contributed by atoms with van der Waals surface area (Å²) in [6.07, 6.45) is 5.35. The molecule has 74 valence electrons. The first-order chi connectivity index (χ1) is 6.66. The van der Waals surface area contributed by atoms with Gasteiger partial charge in [-0.2, -0.15) is 0 Å². The average molecular weight is 189 g/mol. The standard InChI is InChI=1S/C12H15NO/c1-8(2)10-6-12(13-7-10)9-3-4-11(14)5-9/h5-8,13H,3-4H2,1-2H3. The first-order valence-corrected chi connectivity index (χ1v) is 5.09. The van der Waals surface area contributed by atoms with Gasteiger partial charge in [-0.3, -0.25) is 4.79 Å². The number of nitrogens with one attached hydrogen (secondary N) is 1. The summed E-state index contributed by atoms with van der Waals surface area (Å²) < 4.78 is 0. The molecule has 0 spiro atoms. The van der Waals surface area contributed by atoms with Crippen molar-refractivity contribution < 1.29 is 4.79 Å². The van der Waals surface area contributed by atoms with Crippen LogP contribution in [0.5, 0.6) is 0 Å². The van der Waals surface area contributed by atoms with E-state index in [0.29, 0.717) is 12.3 Å². The van der Waals surface area contributed by atoms with Crippen molar-refractivity contribution in [3.63, 3.8) is 0 Å². The highest BCUT2D eigenvalue weighted by Crippen LogP contribution is 2.27. The van der Waals surface area contributed by atoms with Crippen molar-refractivity contribution in [2.24, 2.45) is 0 Å². The molecular formula is C12H15NO. The highest BCUT2D eigenvalue weighted by atomic mass is 16.1. The Kier molecular flexibility index (Phi) is 2.28. The Labute approximate surface area is 84.0 Å². The first kappa shape index (κ1) is 9.25. The average Bonchev–Trinajstić information content (AvgIpc) is 2.70. The maximum atomic E-state index is 11.1. The van der Waals surface area contributed by atoms with Gasteiger partial charge < -0.3 is 4.98 Å². The Bertz CT molecular complexity index is 385. The van der Waals surface area contributed by atoms with Crippen molar-refractivity contribution in [1.82, 2.24) is 4.98 Å². The lowest BCUT2D eigenvalue weighted by Gasteiger charge is -1.98. The molecule has 0 aromatic carbocycles. The molecule has 2 rings (SSSR count). The molecule has 1 heterocycles. The summed E-state index contributed by atoms with van der Waals surface area (Å²) in [6, 6.07) is 2.15. The molecule has 2 heteroatoms. The van der Waals surface area contributed by atoms with E-state index in [2.05, 4.69) is 24.9 Å². The number of carbonyl (C=O) groups is 1. The zero-order valence-corrected chi connectivity index (χ0v) is 8.63. The van der Waals surface area contributed by atoms with Crippen LogP contribution in [-0.2, 0) is 4.79 Å². The molecule has 0 aliphatic heterocycles. The Morgan fingerprint density at radius 3 is 2.64 bits per heavy atom. The predicted octanol–water partition coefficient (Wildman–Crippen LogP) is 2.88. The number of carbonyl (C=O) groups excluding carboxylic acids is 1. The van der Waals surface area contributed by atoms with Gasteiger partial charge in [-0.25, -0.2) is 0 Å². The summed E-state index contributed by atoms with van der Waals surface area (Å²) >= 11 is 0. The molecule has 1 aromatic heterocycles. The normalized spacial score (nSPS) is 16.5. The van der Waals surface area contributed by atoms with Crippen LogP contribution in [0.25, 0.3) is 5.57 Å². The maximum absolute atomic E-state index is 11.1. The Hall–Kier alpha value is -1.31. The van der Waals surface area contributed by atoms with E-state index in [-0.39, 0.29) is 5.78 Å². The van der Waals surface area contributed by atoms with E-state index in [1.54, 1.807) is 6.08 Å². The van der Waals surface area contributed by atoms with E-state index in [9.17, 15) is 4.79 Å². The molecule has 1 aromatic rings. The zero-order chi connectivity index (χ0) is 10.1. The summed E-state index contributed by atoms with van der Waals surface area (Å²) in [7, 11) is 0. The molecule has 2 nitrogen and oxygen atoms in total. The quantitative estimate of drug-likeness (QED) is 0.762. The van der Waals surface area contributed by atoms with Gasteiger partial charge in [0.1, 0.15) is 0 Å². The van der Waals surface area contributed by atoms with E-state index < -0.39 is 0 Å². The lowest BCUT2D eigenvalue weighted by molar-refractivity contribution is -0.114. The van der Waals surface area contributed by atoms with E-state index in [4.69, 9.17) is 0 Å². The van der Waals surface area contributed by atoms with Crippen LogP contribution in [0.1, 0.15) is 43.9 Å². The third kappa shape index (κ3) is 1.65. The molecule has 1 aliphatic carbocycles. The molecule has 1 aliphatic rings. The van der Waals surface area contributed by atoms with Gasteiger partial charge in [0.05, 0.1) is 0 Å². The lowest BCUT2D eigenvalue weighted by atomic mass is 10.1. The predicted molar refractivity (Wildman–Crippen MR) is 57.1 cm³/mol. The number of hydrogen-bond acceptors (Lipinski definition) is 1. The van der Waals surface area contributed by atoms with Crippen LogP contribution >= 0.6 is 0 Å². The summed E-state index contributed by atoms with van der Waals surface area (Å²) in [6.45, 7) is 4.34. The van der Waals surface area contributed by atoms with Crippen LogP contribution in [0.3, 0.4) is 0 Å². The Morgan fingerprint density at radius 1 is 1.36 bits per heavy atom. The number of rotatable bonds is 2. The highest BCUT2D eigenvalue weighted by molar-refractivity contribution is 6.01. The third-order valence-electron chi connectivity index (χ3n) is 2.69. The minimum atomic E-state index is 0.251. The van der Waals surface area contributed by atoms with Gasteiger partial charge in [0.2, 0.25) is 0 Å². The molecule has 0 amide bonds. The maximum Gasteiger partial charge on any atom is 0.156 e. The van der Waals surface area contributed by atoms with Crippen molar-refractivity contribution in [2.45, 2.75) is 32.6 Å². The van der Waals surface area contributed by atoms with Crippen LogP contribution in [0.2, 0.25) is 0 Å². The molecule has 0 saturated heterocycles. The second-order valence-corrected chi connectivity index (χ2v) is 4.14. The Balaban J connectivity index is 2.25. The molecule has 0 atom stereocenters. The number of aromatic nitrogens is 1. The van der Waals surface area contributed by atoms with Crippen molar-refractivity contribution in [2.75, 3.05) is 0 Å². The monoisotopic (exact) mass is 189 g/mol. The fourth-order valence-corrected chi connectivity index (χ4v) is 1.74. The fraction of sp³-hybridized carbons (Fsp3) is 0.417. The van der Waals surface area contributed by atoms with Gasteiger partial charge in [0, 0.05) is 18.3 Å².